The summed E-state index contributed by atoms with van der Waals surface area (Å²) in [5.74, 6) is 0. The highest BCUT2D eigenvalue weighted by molar-refractivity contribution is 7.89. The first-order valence-corrected chi connectivity index (χ1v) is 8.60. The van der Waals surface area contributed by atoms with Crippen molar-refractivity contribution >= 4 is 21.7 Å². The number of nitrogens with two attached hydrogens (primary N) is 1. The lowest BCUT2D eigenvalue weighted by Crippen LogP contribution is -2.30. The van der Waals surface area contributed by atoms with Gasteiger partial charge in [-0.15, -0.1) is 0 Å². The van der Waals surface area contributed by atoms with Crippen LogP contribution in [0.2, 0.25) is 0 Å². The van der Waals surface area contributed by atoms with E-state index in [2.05, 4.69) is 10.6 Å². The Kier molecular flexibility index (Phi) is 5.52. The van der Waals surface area contributed by atoms with Crippen LogP contribution in [-0.2, 0) is 16.4 Å². The average molecular weight is 344 g/mol. The Morgan fingerprint density at radius 1 is 1.17 bits per heavy atom. The average Bonchev–Trinajstić information content (AvgIpc) is 2.54. The normalized spacial score (nSPS) is 10.7. The van der Waals surface area contributed by atoms with E-state index in [9.17, 15) is 13.2 Å². The van der Waals surface area contributed by atoms with Crippen molar-refractivity contribution in [3.8, 4) is 6.07 Å². The van der Waals surface area contributed by atoms with Crippen LogP contribution < -0.4 is 15.8 Å². The van der Waals surface area contributed by atoms with Gasteiger partial charge in [-0.05, 0) is 42.3 Å². The lowest BCUT2D eigenvalue weighted by Gasteiger charge is -2.08. The van der Waals surface area contributed by atoms with E-state index in [0.29, 0.717) is 24.2 Å². The van der Waals surface area contributed by atoms with E-state index in [1.54, 1.807) is 36.4 Å². The minimum atomic E-state index is -3.70. The lowest BCUT2D eigenvalue weighted by atomic mass is 10.1. The van der Waals surface area contributed by atoms with Crippen LogP contribution in [0.1, 0.15) is 11.1 Å². The summed E-state index contributed by atoms with van der Waals surface area (Å²) in [6, 6.07) is 14.4. The topological polar surface area (TPSA) is 125 Å². The van der Waals surface area contributed by atoms with E-state index in [0.717, 1.165) is 5.56 Å². The van der Waals surface area contributed by atoms with Crippen LogP contribution >= 0.6 is 0 Å². The summed E-state index contributed by atoms with van der Waals surface area (Å²) in [6.45, 7) is 0.374. The maximum Gasteiger partial charge on any atom is 0.319 e. The number of hydrogen-bond acceptors (Lipinski definition) is 4. The lowest BCUT2D eigenvalue weighted by molar-refractivity contribution is 0.252. The standard InChI is InChI=1S/C16H16N4O3S/c17-11-13-2-1-3-14(10-13)20-16(21)19-9-8-12-4-6-15(7-5-12)24(18,22)23/h1-7,10H,8-9H2,(H2,18,22,23)(H2,19,20,21). The number of anilines is 1. The molecule has 124 valence electrons. The first-order valence-electron chi connectivity index (χ1n) is 7.05. The summed E-state index contributed by atoms with van der Waals surface area (Å²) >= 11 is 0. The number of urea groups is 1. The van der Waals surface area contributed by atoms with E-state index in [1.807, 2.05) is 6.07 Å². The Morgan fingerprint density at radius 2 is 1.88 bits per heavy atom. The van der Waals surface area contributed by atoms with E-state index >= 15 is 0 Å². The predicted octanol–water partition coefficient (Wildman–Crippen LogP) is 1.57. The van der Waals surface area contributed by atoms with Gasteiger partial charge in [0.25, 0.3) is 0 Å². The summed E-state index contributed by atoms with van der Waals surface area (Å²) in [7, 11) is -3.70. The smallest absolute Gasteiger partial charge is 0.319 e. The van der Waals surface area contributed by atoms with Crippen molar-refractivity contribution in [2.24, 2.45) is 5.14 Å². The van der Waals surface area contributed by atoms with Gasteiger partial charge in [-0.1, -0.05) is 18.2 Å². The molecule has 8 heteroatoms. The molecule has 7 nitrogen and oxygen atoms in total. The SMILES string of the molecule is N#Cc1cccc(NC(=O)NCCc2ccc(S(N)(=O)=O)cc2)c1. The molecular formula is C16H16N4O3S. The number of benzene rings is 2. The van der Waals surface area contributed by atoms with E-state index in [4.69, 9.17) is 10.4 Å². The van der Waals surface area contributed by atoms with Gasteiger partial charge in [0.1, 0.15) is 0 Å². The number of amides is 2. The summed E-state index contributed by atoms with van der Waals surface area (Å²) in [6.07, 6.45) is 0.538. The number of primary sulfonamides is 1. The van der Waals surface area contributed by atoms with Gasteiger partial charge in [-0.2, -0.15) is 5.26 Å². The van der Waals surface area contributed by atoms with Gasteiger partial charge in [0.15, 0.2) is 0 Å². The van der Waals surface area contributed by atoms with Gasteiger partial charge in [0, 0.05) is 12.2 Å². The zero-order valence-corrected chi connectivity index (χ0v) is 13.5. The number of nitrogens with zero attached hydrogens (tertiary/aromatic N) is 1. The van der Waals surface area contributed by atoms with Crippen molar-refractivity contribution in [1.29, 1.82) is 5.26 Å². The number of carbonyl (C=O) groups is 1. The summed E-state index contributed by atoms with van der Waals surface area (Å²) in [5, 5.41) is 19.2. The summed E-state index contributed by atoms with van der Waals surface area (Å²) in [4.78, 5) is 11.8. The number of carbonyl (C=O) groups excluding carboxylic acids is 1. The van der Waals surface area contributed by atoms with Gasteiger partial charge >= 0.3 is 6.03 Å². The van der Waals surface area contributed by atoms with E-state index < -0.39 is 10.0 Å². The van der Waals surface area contributed by atoms with Gasteiger partial charge in [0.2, 0.25) is 10.0 Å². The van der Waals surface area contributed by atoms with Crippen LogP contribution in [-0.4, -0.2) is 21.0 Å². The highest BCUT2D eigenvalue weighted by atomic mass is 32.2. The molecule has 0 aromatic heterocycles. The third kappa shape index (κ3) is 5.08. The monoisotopic (exact) mass is 344 g/mol. The van der Waals surface area contributed by atoms with Crippen LogP contribution in [0.3, 0.4) is 0 Å². The largest absolute Gasteiger partial charge is 0.338 e. The Balaban J connectivity index is 1.83. The molecule has 4 N–H and O–H groups in total. The highest BCUT2D eigenvalue weighted by Crippen LogP contribution is 2.10. The van der Waals surface area contributed by atoms with Crippen LogP contribution in [0.15, 0.2) is 53.4 Å². The molecule has 2 aromatic rings. The van der Waals surface area contributed by atoms with Crippen molar-refractivity contribution in [3.05, 3.63) is 59.7 Å². The van der Waals surface area contributed by atoms with Crippen molar-refractivity contribution in [2.75, 3.05) is 11.9 Å². The summed E-state index contributed by atoms with van der Waals surface area (Å²) < 4.78 is 22.3. The molecule has 0 unspecified atom stereocenters. The highest BCUT2D eigenvalue weighted by Gasteiger charge is 2.07. The minimum Gasteiger partial charge on any atom is -0.338 e. The number of sulfonamides is 1. The maximum absolute atomic E-state index is 11.8. The Bertz CT molecular complexity index is 871. The van der Waals surface area contributed by atoms with Crippen molar-refractivity contribution in [3.63, 3.8) is 0 Å². The number of nitriles is 1. The fourth-order valence-corrected chi connectivity index (χ4v) is 2.52. The molecule has 2 rings (SSSR count). The quantitative estimate of drug-likeness (QED) is 0.761. The van der Waals surface area contributed by atoms with Crippen LogP contribution in [0, 0.1) is 11.3 Å². The third-order valence-electron chi connectivity index (χ3n) is 3.20. The fourth-order valence-electron chi connectivity index (χ4n) is 2.01. The van der Waals surface area contributed by atoms with Crippen molar-refractivity contribution in [1.82, 2.24) is 5.32 Å². The van der Waals surface area contributed by atoms with Crippen molar-refractivity contribution < 1.29 is 13.2 Å². The Labute approximate surface area is 140 Å². The predicted molar refractivity (Wildman–Crippen MR) is 89.7 cm³/mol. The number of hydrogen-bond donors (Lipinski definition) is 3. The molecule has 0 heterocycles. The third-order valence-corrected chi connectivity index (χ3v) is 4.13. The zero-order valence-electron chi connectivity index (χ0n) is 12.7. The second kappa shape index (κ2) is 7.59. The second-order valence-electron chi connectivity index (χ2n) is 5.01. The zero-order chi connectivity index (χ0) is 17.6. The Morgan fingerprint density at radius 3 is 2.50 bits per heavy atom. The molecule has 0 spiro atoms. The first-order chi connectivity index (χ1) is 11.4. The molecule has 0 atom stereocenters. The number of rotatable bonds is 5. The molecule has 24 heavy (non-hydrogen) atoms. The molecular weight excluding hydrogens is 328 g/mol. The van der Waals surface area contributed by atoms with Crippen molar-refractivity contribution in [2.45, 2.75) is 11.3 Å². The molecule has 0 bridgehead atoms. The Hall–Kier alpha value is -2.89. The summed E-state index contributed by atoms with van der Waals surface area (Å²) in [5.41, 5.74) is 1.86. The fraction of sp³-hybridized carbons (Fsp3) is 0.125. The molecule has 0 aliphatic heterocycles. The maximum atomic E-state index is 11.8. The van der Waals surface area contributed by atoms with E-state index in [1.165, 1.54) is 12.1 Å². The van der Waals surface area contributed by atoms with Crippen LogP contribution in [0.25, 0.3) is 0 Å². The van der Waals surface area contributed by atoms with Gasteiger partial charge in [0.05, 0.1) is 16.5 Å². The molecule has 0 saturated heterocycles. The van der Waals surface area contributed by atoms with Crippen LogP contribution in [0.4, 0.5) is 10.5 Å². The molecule has 0 radical (unpaired) electrons. The molecule has 2 amide bonds. The molecule has 2 aromatic carbocycles. The van der Waals surface area contributed by atoms with Gasteiger partial charge in [-0.3, -0.25) is 0 Å². The molecule has 0 fully saturated rings. The second-order valence-corrected chi connectivity index (χ2v) is 6.57. The first kappa shape index (κ1) is 17.5. The minimum absolute atomic E-state index is 0.0503. The molecule has 0 aliphatic rings. The van der Waals surface area contributed by atoms with Crippen LogP contribution in [0.5, 0.6) is 0 Å². The molecule has 0 saturated carbocycles. The van der Waals surface area contributed by atoms with Gasteiger partial charge < -0.3 is 10.6 Å². The van der Waals surface area contributed by atoms with Gasteiger partial charge in [-0.25, -0.2) is 18.4 Å². The number of nitrogens with one attached hydrogen (secondary N) is 2. The molecule has 0 aliphatic carbocycles. The van der Waals surface area contributed by atoms with E-state index in [-0.39, 0.29) is 10.9 Å².